The molecule has 0 aromatic heterocycles. The first-order chi connectivity index (χ1) is 7.00. The molecule has 0 radical (unpaired) electrons. The van der Waals surface area contributed by atoms with Crippen molar-refractivity contribution in [2.24, 2.45) is 0 Å². The third-order valence-electron chi connectivity index (χ3n) is 2.18. The fraction of sp³-hybridized carbons (Fsp3) is 0.455. The monoisotopic (exact) mass is 273 g/mol. The Kier molecular flexibility index (Phi) is 4.57. The minimum Gasteiger partial charge on any atom is -0.508 e. The summed E-state index contributed by atoms with van der Waals surface area (Å²) in [4.78, 5) is 0. The third-order valence-corrected chi connectivity index (χ3v) is 2.67. The van der Waals surface area contributed by atoms with Crippen LogP contribution in [0.15, 0.2) is 22.7 Å². The molecule has 3 nitrogen and oxygen atoms in total. The zero-order valence-electron chi connectivity index (χ0n) is 8.87. The van der Waals surface area contributed by atoms with Crippen LogP contribution in [0.1, 0.15) is 25.5 Å². The van der Waals surface area contributed by atoms with Crippen molar-refractivity contribution in [3.05, 3.63) is 28.2 Å². The van der Waals surface area contributed by atoms with Crippen molar-refractivity contribution in [1.29, 1.82) is 0 Å². The maximum Gasteiger partial charge on any atom is 0.120 e. The molecule has 1 unspecified atom stereocenters. The van der Waals surface area contributed by atoms with Crippen LogP contribution in [0.25, 0.3) is 0 Å². The average Bonchev–Trinajstić information content (AvgIpc) is 2.18. The highest BCUT2D eigenvalue weighted by atomic mass is 79.9. The van der Waals surface area contributed by atoms with Crippen molar-refractivity contribution in [3.63, 3.8) is 0 Å². The third kappa shape index (κ3) is 3.81. The van der Waals surface area contributed by atoms with Gasteiger partial charge in [-0.3, -0.25) is 0 Å². The first-order valence-corrected chi connectivity index (χ1v) is 5.70. The Bertz CT molecular complexity index is 328. The van der Waals surface area contributed by atoms with E-state index in [2.05, 4.69) is 21.2 Å². The van der Waals surface area contributed by atoms with E-state index in [4.69, 9.17) is 5.11 Å². The van der Waals surface area contributed by atoms with E-state index >= 15 is 0 Å². The van der Waals surface area contributed by atoms with Crippen molar-refractivity contribution in [2.45, 2.75) is 26.0 Å². The number of aliphatic hydroxyl groups excluding tert-OH is 1. The Morgan fingerprint density at radius 1 is 1.40 bits per heavy atom. The highest BCUT2D eigenvalue weighted by Crippen LogP contribution is 2.27. The molecule has 0 saturated carbocycles. The lowest BCUT2D eigenvalue weighted by molar-refractivity contribution is 0.187. The largest absolute Gasteiger partial charge is 0.508 e. The molecule has 0 bridgehead atoms. The lowest BCUT2D eigenvalue weighted by Gasteiger charge is -2.16. The number of aliphatic hydroxyl groups is 1. The fourth-order valence-electron chi connectivity index (χ4n) is 1.33. The summed E-state index contributed by atoms with van der Waals surface area (Å²) in [5, 5.41) is 21.9. The quantitative estimate of drug-likeness (QED) is 0.788. The van der Waals surface area contributed by atoms with Gasteiger partial charge in [0.15, 0.2) is 0 Å². The van der Waals surface area contributed by atoms with Gasteiger partial charge < -0.3 is 15.5 Å². The summed E-state index contributed by atoms with van der Waals surface area (Å²) in [5.74, 6) is 0.267. The van der Waals surface area contributed by atoms with Gasteiger partial charge in [0.25, 0.3) is 0 Å². The molecule has 1 aromatic carbocycles. The van der Waals surface area contributed by atoms with Crippen LogP contribution >= 0.6 is 15.9 Å². The summed E-state index contributed by atoms with van der Waals surface area (Å²) in [6.45, 7) is 4.18. The summed E-state index contributed by atoms with van der Waals surface area (Å²) in [5.41, 5.74) is 0.824. The van der Waals surface area contributed by atoms with Crippen molar-refractivity contribution in [1.82, 2.24) is 5.32 Å². The summed E-state index contributed by atoms with van der Waals surface area (Å²) < 4.78 is 0.931. The molecule has 0 aliphatic heterocycles. The van der Waals surface area contributed by atoms with E-state index in [1.54, 1.807) is 19.1 Å². The lowest BCUT2D eigenvalue weighted by atomic mass is 10.1. The van der Waals surface area contributed by atoms with E-state index in [1.165, 1.54) is 0 Å². The van der Waals surface area contributed by atoms with Gasteiger partial charge in [-0.1, -0.05) is 15.9 Å². The predicted molar refractivity (Wildman–Crippen MR) is 63.9 cm³/mol. The molecule has 1 rings (SSSR count). The maximum atomic E-state index is 9.65. The van der Waals surface area contributed by atoms with E-state index in [1.807, 2.05) is 13.0 Å². The molecule has 0 spiro atoms. The van der Waals surface area contributed by atoms with Crippen LogP contribution < -0.4 is 5.32 Å². The van der Waals surface area contributed by atoms with E-state index in [-0.39, 0.29) is 17.9 Å². The number of rotatable bonds is 4. The number of hydrogen-bond donors (Lipinski definition) is 3. The zero-order valence-corrected chi connectivity index (χ0v) is 10.5. The van der Waals surface area contributed by atoms with Crippen molar-refractivity contribution in [3.8, 4) is 5.75 Å². The number of phenols is 1. The summed E-state index contributed by atoms with van der Waals surface area (Å²) in [6.07, 6.45) is -0.387. The highest BCUT2D eigenvalue weighted by Gasteiger charge is 2.10. The summed E-state index contributed by atoms with van der Waals surface area (Å²) in [6, 6.07) is 5.33. The Balaban J connectivity index is 2.72. The van der Waals surface area contributed by atoms with Crippen molar-refractivity contribution in [2.75, 3.05) is 6.54 Å². The molecule has 15 heavy (non-hydrogen) atoms. The summed E-state index contributed by atoms with van der Waals surface area (Å²) >= 11 is 3.36. The normalized spacial score (nSPS) is 14.9. The standard InChI is InChI=1S/C11H16BrNO2/c1-7(14)6-13-8(2)10-5-9(12)3-4-11(10)15/h3-5,7-8,13-15H,6H2,1-2H3/t7-,8?/m0/s1. The van der Waals surface area contributed by atoms with Crippen LogP contribution in [0.4, 0.5) is 0 Å². The molecule has 0 heterocycles. The van der Waals surface area contributed by atoms with Gasteiger partial charge >= 0.3 is 0 Å². The molecule has 0 fully saturated rings. The van der Waals surface area contributed by atoms with Crippen LogP contribution in [0.5, 0.6) is 5.75 Å². The minimum atomic E-state index is -0.387. The van der Waals surface area contributed by atoms with E-state index in [0.29, 0.717) is 6.54 Å². The molecule has 0 saturated heterocycles. The summed E-state index contributed by atoms with van der Waals surface area (Å²) in [7, 11) is 0. The molecule has 0 amide bonds. The Labute approximate surface area is 98.3 Å². The number of phenolic OH excluding ortho intramolecular Hbond substituents is 1. The van der Waals surface area contributed by atoms with Crippen LogP contribution in [-0.2, 0) is 0 Å². The van der Waals surface area contributed by atoms with Gasteiger partial charge in [-0.25, -0.2) is 0 Å². The van der Waals surface area contributed by atoms with Gasteiger partial charge in [0, 0.05) is 22.6 Å². The minimum absolute atomic E-state index is 0.0112. The first-order valence-electron chi connectivity index (χ1n) is 4.90. The number of benzene rings is 1. The van der Waals surface area contributed by atoms with Gasteiger partial charge in [0.2, 0.25) is 0 Å². The molecule has 1 aromatic rings. The fourth-order valence-corrected chi connectivity index (χ4v) is 1.71. The van der Waals surface area contributed by atoms with E-state index in [0.717, 1.165) is 10.0 Å². The van der Waals surface area contributed by atoms with Gasteiger partial charge in [-0.15, -0.1) is 0 Å². The van der Waals surface area contributed by atoms with Crippen molar-refractivity contribution >= 4 is 15.9 Å². The number of aromatic hydroxyl groups is 1. The molecule has 3 N–H and O–H groups in total. The van der Waals surface area contributed by atoms with Crippen LogP contribution in [-0.4, -0.2) is 22.9 Å². The molecular weight excluding hydrogens is 258 g/mol. The van der Waals surface area contributed by atoms with Gasteiger partial charge in [0.05, 0.1) is 6.10 Å². The number of hydrogen-bond acceptors (Lipinski definition) is 3. The molecule has 2 atom stereocenters. The second-order valence-corrected chi connectivity index (χ2v) is 4.60. The topological polar surface area (TPSA) is 52.5 Å². The number of nitrogens with one attached hydrogen (secondary N) is 1. The Morgan fingerprint density at radius 3 is 2.67 bits per heavy atom. The van der Waals surface area contributed by atoms with Gasteiger partial charge in [0.1, 0.15) is 5.75 Å². The molecule has 0 aliphatic carbocycles. The first kappa shape index (κ1) is 12.5. The molecular formula is C11H16BrNO2. The smallest absolute Gasteiger partial charge is 0.120 e. The highest BCUT2D eigenvalue weighted by molar-refractivity contribution is 9.10. The maximum absolute atomic E-state index is 9.65. The Morgan fingerprint density at radius 2 is 2.07 bits per heavy atom. The average molecular weight is 274 g/mol. The zero-order chi connectivity index (χ0) is 11.4. The molecule has 84 valence electrons. The molecule has 0 aliphatic rings. The lowest BCUT2D eigenvalue weighted by Crippen LogP contribution is -2.27. The van der Waals surface area contributed by atoms with E-state index < -0.39 is 0 Å². The van der Waals surface area contributed by atoms with Gasteiger partial charge in [-0.2, -0.15) is 0 Å². The van der Waals surface area contributed by atoms with Crippen LogP contribution in [0.2, 0.25) is 0 Å². The SMILES string of the molecule is CC(NC[C@H](C)O)c1cc(Br)ccc1O. The Hall–Kier alpha value is -0.580. The number of halogens is 1. The predicted octanol–water partition coefficient (Wildman–Crippen LogP) is 2.19. The van der Waals surface area contributed by atoms with Crippen LogP contribution in [0.3, 0.4) is 0 Å². The van der Waals surface area contributed by atoms with Crippen molar-refractivity contribution < 1.29 is 10.2 Å². The van der Waals surface area contributed by atoms with Gasteiger partial charge in [-0.05, 0) is 32.0 Å². The molecule has 4 heteroatoms. The van der Waals surface area contributed by atoms with Crippen LogP contribution in [0, 0.1) is 0 Å². The second kappa shape index (κ2) is 5.49. The van der Waals surface area contributed by atoms with E-state index in [9.17, 15) is 5.11 Å². The second-order valence-electron chi connectivity index (χ2n) is 3.68.